The van der Waals surface area contributed by atoms with Gasteiger partial charge in [-0.15, -0.1) is 0 Å². The molecule has 3 nitrogen and oxygen atoms in total. The van der Waals surface area contributed by atoms with Crippen LogP contribution in [0.3, 0.4) is 0 Å². The second-order valence-electron chi connectivity index (χ2n) is 7.44. The molecule has 144 valence electrons. The third-order valence-corrected chi connectivity index (χ3v) is 4.67. The number of carbonyl (C=O) groups excluding carboxylic acids is 1. The lowest BCUT2D eigenvalue weighted by atomic mass is 9.99. The molecule has 26 heavy (non-hydrogen) atoms. The molecule has 0 heterocycles. The highest BCUT2D eigenvalue weighted by atomic mass is 16.2. The normalized spacial score (nSPS) is 13.0. The van der Waals surface area contributed by atoms with E-state index in [-0.39, 0.29) is 5.91 Å². The number of hydrogen-bond acceptors (Lipinski definition) is 2. The first-order valence-corrected chi connectivity index (χ1v) is 9.91. The molecule has 0 fully saturated rings. The molecule has 3 heteroatoms. The number of aliphatic imine (C=N–C) groups is 1. The van der Waals surface area contributed by atoms with Crippen LogP contribution in [-0.4, -0.2) is 29.6 Å². The molecule has 0 aromatic heterocycles. The van der Waals surface area contributed by atoms with E-state index in [0.717, 1.165) is 49.2 Å². The monoisotopic (exact) mass is 356 g/mol. The number of nitrogens with zero attached hydrogens (tertiary/aromatic N) is 2. The van der Waals surface area contributed by atoms with Gasteiger partial charge in [-0.1, -0.05) is 51.5 Å². The average Bonchev–Trinajstić information content (AvgIpc) is 2.61. The summed E-state index contributed by atoms with van der Waals surface area (Å²) >= 11 is 0. The van der Waals surface area contributed by atoms with Gasteiger partial charge < -0.3 is 4.90 Å². The molecule has 0 saturated carbocycles. The number of unbranched alkanes of at least 4 members (excludes halogenated alkanes) is 1. The van der Waals surface area contributed by atoms with Gasteiger partial charge in [0.25, 0.3) is 5.91 Å². The van der Waals surface area contributed by atoms with Gasteiger partial charge in [0.2, 0.25) is 0 Å². The summed E-state index contributed by atoms with van der Waals surface area (Å²) in [7, 11) is 0. The Labute approximate surface area is 160 Å². The van der Waals surface area contributed by atoms with Crippen molar-refractivity contribution in [1.29, 1.82) is 0 Å². The molecule has 0 radical (unpaired) electrons. The largest absolute Gasteiger partial charge is 0.338 e. The second-order valence-corrected chi connectivity index (χ2v) is 7.44. The van der Waals surface area contributed by atoms with Crippen molar-refractivity contribution in [3.8, 4) is 0 Å². The van der Waals surface area contributed by atoms with Gasteiger partial charge in [-0.2, -0.15) is 0 Å². The van der Waals surface area contributed by atoms with Crippen LogP contribution in [0.4, 0.5) is 0 Å². The minimum absolute atomic E-state index is 0.0420. The molecule has 0 N–H and O–H groups in total. The van der Waals surface area contributed by atoms with Crippen molar-refractivity contribution in [2.45, 2.75) is 67.7 Å². The zero-order chi connectivity index (χ0) is 19.7. The highest BCUT2D eigenvalue weighted by Gasteiger charge is 2.14. The molecule has 0 unspecified atom stereocenters. The van der Waals surface area contributed by atoms with Crippen molar-refractivity contribution in [2.75, 3.05) is 13.1 Å². The van der Waals surface area contributed by atoms with E-state index in [4.69, 9.17) is 0 Å². The molecular formula is C23H36N2O. The first-order chi connectivity index (χ1) is 12.3. The van der Waals surface area contributed by atoms with E-state index < -0.39 is 0 Å². The number of carbonyl (C=O) groups is 1. The predicted molar refractivity (Wildman–Crippen MR) is 114 cm³/mol. The van der Waals surface area contributed by atoms with Gasteiger partial charge in [-0.3, -0.25) is 9.79 Å². The van der Waals surface area contributed by atoms with Crippen LogP contribution >= 0.6 is 0 Å². The van der Waals surface area contributed by atoms with Crippen molar-refractivity contribution in [2.24, 2.45) is 10.9 Å². The van der Waals surface area contributed by atoms with E-state index in [2.05, 4.69) is 57.0 Å². The van der Waals surface area contributed by atoms with Gasteiger partial charge in [0.15, 0.2) is 0 Å². The van der Waals surface area contributed by atoms with E-state index in [1.54, 1.807) is 0 Å². The van der Waals surface area contributed by atoms with Gasteiger partial charge in [0.05, 0.1) is 0 Å². The highest BCUT2D eigenvalue weighted by molar-refractivity contribution is 6.38. The van der Waals surface area contributed by atoms with Crippen molar-refractivity contribution in [3.05, 3.63) is 41.1 Å². The minimum atomic E-state index is 0.0420. The van der Waals surface area contributed by atoms with Crippen LogP contribution in [0.5, 0.6) is 0 Å². The maximum Gasteiger partial charge on any atom is 0.267 e. The fourth-order valence-electron chi connectivity index (χ4n) is 2.94. The van der Waals surface area contributed by atoms with E-state index in [1.807, 2.05) is 25.7 Å². The maximum atomic E-state index is 12.6. The molecule has 1 amide bonds. The van der Waals surface area contributed by atoms with Crippen molar-refractivity contribution >= 4 is 17.2 Å². The third kappa shape index (κ3) is 6.78. The Bertz CT molecular complexity index is 639. The molecular weight excluding hydrogens is 320 g/mol. The van der Waals surface area contributed by atoms with E-state index in [1.165, 1.54) is 5.56 Å². The smallest absolute Gasteiger partial charge is 0.267 e. The molecule has 1 aromatic rings. The Morgan fingerprint density at radius 3 is 2.19 bits per heavy atom. The van der Waals surface area contributed by atoms with Crippen LogP contribution in [0.1, 0.15) is 72.4 Å². The summed E-state index contributed by atoms with van der Waals surface area (Å²) in [5.41, 5.74) is 5.11. The summed E-state index contributed by atoms with van der Waals surface area (Å²) in [5.74, 6) is 0.701. The number of hydrogen-bond donors (Lipinski definition) is 0. The number of benzene rings is 1. The van der Waals surface area contributed by atoms with Gasteiger partial charge in [-0.05, 0) is 63.2 Å². The van der Waals surface area contributed by atoms with Crippen molar-refractivity contribution < 1.29 is 4.79 Å². The second kappa shape index (κ2) is 10.9. The molecule has 0 atom stereocenters. The van der Waals surface area contributed by atoms with Crippen LogP contribution in [0, 0.1) is 5.92 Å². The Kier molecular flexibility index (Phi) is 9.32. The third-order valence-electron chi connectivity index (χ3n) is 4.67. The predicted octanol–water partition coefficient (Wildman–Crippen LogP) is 5.75. The van der Waals surface area contributed by atoms with Crippen LogP contribution in [0.15, 0.2) is 35.0 Å². The standard InChI is InChI=1S/C23H36N2O/c1-8-10-15-25(9-2)23(26)20(7)24-19(6)18(5)22-13-11-21(12-14-22)16-17(3)4/h11-14,17H,8-10,15-16H2,1-7H3/b19-18+,24-20?. The molecule has 0 aliphatic rings. The van der Waals surface area contributed by atoms with Crippen molar-refractivity contribution in [1.82, 2.24) is 4.90 Å². The van der Waals surface area contributed by atoms with Crippen LogP contribution in [-0.2, 0) is 11.2 Å². The topological polar surface area (TPSA) is 32.7 Å². The molecule has 0 spiro atoms. The number of amides is 1. The van der Waals surface area contributed by atoms with Crippen molar-refractivity contribution in [3.63, 3.8) is 0 Å². The zero-order valence-electron chi connectivity index (χ0n) is 17.7. The lowest BCUT2D eigenvalue weighted by Gasteiger charge is -2.20. The fraction of sp³-hybridized carbons (Fsp3) is 0.565. The highest BCUT2D eigenvalue weighted by Crippen LogP contribution is 2.20. The first-order valence-electron chi connectivity index (χ1n) is 9.91. The van der Waals surface area contributed by atoms with E-state index >= 15 is 0 Å². The molecule has 1 rings (SSSR count). The zero-order valence-corrected chi connectivity index (χ0v) is 17.7. The van der Waals surface area contributed by atoms with Crippen LogP contribution in [0.2, 0.25) is 0 Å². The van der Waals surface area contributed by atoms with E-state index in [9.17, 15) is 4.79 Å². The SMILES string of the molecule is CCCCN(CC)C(=O)C(C)=N/C(C)=C(\C)c1ccc(CC(C)C)cc1. The molecule has 1 aromatic carbocycles. The number of allylic oxidation sites excluding steroid dienone is 2. The van der Waals surface area contributed by atoms with Crippen LogP contribution in [0.25, 0.3) is 5.57 Å². The Hall–Kier alpha value is -1.90. The molecule has 0 bridgehead atoms. The Balaban J connectivity index is 2.94. The summed E-state index contributed by atoms with van der Waals surface area (Å²) in [4.78, 5) is 19.1. The average molecular weight is 357 g/mol. The van der Waals surface area contributed by atoms with Gasteiger partial charge in [0.1, 0.15) is 5.71 Å². The Morgan fingerprint density at radius 1 is 1.08 bits per heavy atom. The summed E-state index contributed by atoms with van der Waals surface area (Å²) < 4.78 is 0. The minimum Gasteiger partial charge on any atom is -0.338 e. The van der Waals surface area contributed by atoms with Gasteiger partial charge in [0, 0.05) is 18.8 Å². The summed E-state index contributed by atoms with van der Waals surface area (Å²) in [6.07, 6.45) is 3.21. The molecule has 0 aliphatic carbocycles. The summed E-state index contributed by atoms with van der Waals surface area (Å²) in [6.45, 7) is 16.0. The van der Waals surface area contributed by atoms with Gasteiger partial charge in [-0.25, -0.2) is 0 Å². The lowest BCUT2D eigenvalue weighted by Crippen LogP contribution is -2.36. The maximum absolute atomic E-state index is 12.6. The quantitative estimate of drug-likeness (QED) is 0.519. The summed E-state index contributed by atoms with van der Waals surface area (Å²) in [5, 5.41) is 0. The number of rotatable bonds is 9. The van der Waals surface area contributed by atoms with Gasteiger partial charge >= 0.3 is 0 Å². The summed E-state index contributed by atoms with van der Waals surface area (Å²) in [6, 6.07) is 8.69. The Morgan fingerprint density at radius 2 is 1.69 bits per heavy atom. The van der Waals surface area contributed by atoms with E-state index in [0.29, 0.717) is 11.6 Å². The molecule has 0 saturated heterocycles. The lowest BCUT2D eigenvalue weighted by molar-refractivity contribution is -0.124. The molecule has 0 aliphatic heterocycles. The first kappa shape index (κ1) is 22.1. The fourth-order valence-corrected chi connectivity index (χ4v) is 2.94. The van der Waals surface area contributed by atoms with Crippen LogP contribution < -0.4 is 0 Å².